The highest BCUT2D eigenvalue weighted by Crippen LogP contribution is 2.22. The molecule has 0 aliphatic heterocycles. The van der Waals surface area contributed by atoms with Gasteiger partial charge in [0.25, 0.3) is 0 Å². The first-order valence-electron chi connectivity index (χ1n) is 6.08. The van der Waals surface area contributed by atoms with E-state index >= 15 is 0 Å². The number of rotatable bonds is 4. The molecular formula is C12H14ClN5S. The van der Waals surface area contributed by atoms with E-state index < -0.39 is 0 Å². The van der Waals surface area contributed by atoms with Gasteiger partial charge in [0.2, 0.25) is 0 Å². The Balaban J connectivity index is 2.17. The Bertz CT molecular complexity index is 697. The first-order chi connectivity index (χ1) is 9.24. The van der Waals surface area contributed by atoms with Gasteiger partial charge in [-0.2, -0.15) is 5.10 Å². The smallest absolute Gasteiger partial charge is 0.159 e. The summed E-state index contributed by atoms with van der Waals surface area (Å²) in [6, 6.07) is 0. The van der Waals surface area contributed by atoms with Crippen molar-refractivity contribution in [2.75, 3.05) is 0 Å². The molecule has 0 unspecified atom stereocenters. The lowest BCUT2D eigenvalue weighted by Crippen LogP contribution is -2.07. The molecule has 0 amide bonds. The van der Waals surface area contributed by atoms with Crippen molar-refractivity contribution in [2.24, 2.45) is 7.05 Å². The zero-order valence-electron chi connectivity index (χ0n) is 10.8. The first-order valence-corrected chi connectivity index (χ1v) is 7.56. The minimum Gasteiger partial charge on any atom is -0.306 e. The van der Waals surface area contributed by atoms with E-state index in [9.17, 15) is 0 Å². The largest absolute Gasteiger partial charge is 0.306 e. The Hall–Kier alpha value is -1.40. The number of fused-ring (bicyclic) bond motifs is 1. The number of halogens is 1. The van der Waals surface area contributed by atoms with Crippen LogP contribution in [0.1, 0.15) is 24.1 Å². The Labute approximate surface area is 119 Å². The Kier molecular flexibility index (Phi) is 3.28. The van der Waals surface area contributed by atoms with Crippen molar-refractivity contribution < 1.29 is 0 Å². The van der Waals surface area contributed by atoms with Crippen LogP contribution in [0.4, 0.5) is 0 Å². The van der Waals surface area contributed by atoms with Gasteiger partial charge in [-0.05, 0) is 6.42 Å². The van der Waals surface area contributed by atoms with Gasteiger partial charge in [-0.3, -0.25) is 4.68 Å². The van der Waals surface area contributed by atoms with Crippen LogP contribution in [0.15, 0.2) is 10.9 Å². The predicted octanol–water partition coefficient (Wildman–Crippen LogP) is 2.58. The Morgan fingerprint density at radius 3 is 2.89 bits per heavy atom. The lowest BCUT2D eigenvalue weighted by Gasteiger charge is -2.05. The molecule has 0 spiro atoms. The second-order valence-electron chi connectivity index (χ2n) is 4.32. The zero-order chi connectivity index (χ0) is 13.4. The topological polar surface area (TPSA) is 48.5 Å². The van der Waals surface area contributed by atoms with Gasteiger partial charge in [0.05, 0.1) is 29.3 Å². The molecule has 0 aliphatic rings. The summed E-state index contributed by atoms with van der Waals surface area (Å²) in [4.78, 5) is 8.95. The fraction of sp³-hybridized carbons (Fsp3) is 0.417. The summed E-state index contributed by atoms with van der Waals surface area (Å²) in [6.45, 7) is 2.77. The van der Waals surface area contributed by atoms with Crippen LogP contribution in [-0.4, -0.2) is 24.3 Å². The maximum absolute atomic E-state index is 6.02. The third-order valence-electron chi connectivity index (χ3n) is 3.13. The molecule has 0 aliphatic carbocycles. The molecule has 0 aromatic carbocycles. The van der Waals surface area contributed by atoms with Crippen molar-refractivity contribution in [1.29, 1.82) is 0 Å². The van der Waals surface area contributed by atoms with Crippen LogP contribution in [0, 0.1) is 0 Å². The third kappa shape index (κ3) is 2.04. The highest BCUT2D eigenvalue weighted by Gasteiger charge is 2.18. The number of thiazole rings is 1. The van der Waals surface area contributed by atoms with E-state index in [1.807, 2.05) is 22.6 Å². The molecule has 7 heteroatoms. The highest BCUT2D eigenvalue weighted by atomic mass is 35.5. The SMILES string of the molecule is CCc1nn(C)c2c1nc(CCl)n2Cc1cscn1. The number of aromatic nitrogens is 5. The van der Waals surface area contributed by atoms with Crippen molar-refractivity contribution in [3.05, 3.63) is 28.1 Å². The van der Waals surface area contributed by atoms with Crippen LogP contribution in [0.3, 0.4) is 0 Å². The lowest BCUT2D eigenvalue weighted by molar-refractivity contribution is 0.692. The third-order valence-corrected chi connectivity index (χ3v) is 4.00. The molecule has 100 valence electrons. The molecule has 0 bridgehead atoms. The van der Waals surface area contributed by atoms with Crippen LogP contribution < -0.4 is 0 Å². The standard InChI is InChI=1S/C12H14ClN5S/c1-3-9-11-12(17(2)16-9)18(10(4-13)15-11)5-8-6-19-7-14-8/h6-7H,3-5H2,1-2H3. The molecule has 3 aromatic rings. The number of imidazole rings is 1. The first kappa shape index (κ1) is 12.6. The van der Waals surface area contributed by atoms with Gasteiger partial charge in [0, 0.05) is 12.4 Å². The van der Waals surface area contributed by atoms with E-state index in [1.165, 1.54) is 0 Å². The fourth-order valence-corrected chi connectivity index (χ4v) is 3.02. The molecule has 3 aromatic heterocycles. The van der Waals surface area contributed by atoms with Crippen molar-refractivity contribution in [3.8, 4) is 0 Å². The quantitative estimate of drug-likeness (QED) is 0.695. The van der Waals surface area contributed by atoms with E-state index in [-0.39, 0.29) is 0 Å². The van der Waals surface area contributed by atoms with Crippen LogP contribution in [0.5, 0.6) is 0 Å². The molecular weight excluding hydrogens is 282 g/mol. The summed E-state index contributed by atoms with van der Waals surface area (Å²) < 4.78 is 3.98. The Morgan fingerprint density at radius 1 is 1.42 bits per heavy atom. The molecule has 3 rings (SSSR count). The second-order valence-corrected chi connectivity index (χ2v) is 5.31. The van der Waals surface area contributed by atoms with Crippen LogP contribution in [0.25, 0.3) is 11.2 Å². The fourth-order valence-electron chi connectivity index (χ4n) is 2.27. The molecule has 0 fully saturated rings. The van der Waals surface area contributed by atoms with Crippen molar-refractivity contribution in [3.63, 3.8) is 0 Å². The van der Waals surface area contributed by atoms with E-state index in [2.05, 4.69) is 26.6 Å². The van der Waals surface area contributed by atoms with Gasteiger partial charge in [-0.15, -0.1) is 22.9 Å². The van der Waals surface area contributed by atoms with Gasteiger partial charge in [-0.1, -0.05) is 6.92 Å². The number of hydrogen-bond donors (Lipinski definition) is 0. The number of alkyl halides is 1. The minimum absolute atomic E-state index is 0.391. The normalized spacial score (nSPS) is 11.5. The predicted molar refractivity (Wildman–Crippen MR) is 76.7 cm³/mol. The zero-order valence-corrected chi connectivity index (χ0v) is 12.4. The molecule has 3 heterocycles. The average molecular weight is 296 g/mol. The van der Waals surface area contributed by atoms with Gasteiger partial charge in [0.1, 0.15) is 11.3 Å². The summed E-state index contributed by atoms with van der Waals surface area (Å²) in [5.41, 5.74) is 5.84. The summed E-state index contributed by atoms with van der Waals surface area (Å²) in [7, 11) is 1.94. The van der Waals surface area contributed by atoms with E-state index in [1.54, 1.807) is 11.3 Å². The van der Waals surface area contributed by atoms with Gasteiger partial charge >= 0.3 is 0 Å². The summed E-state index contributed by atoms with van der Waals surface area (Å²) in [5, 5.41) is 6.55. The van der Waals surface area contributed by atoms with Crippen LogP contribution in [0.2, 0.25) is 0 Å². The van der Waals surface area contributed by atoms with Gasteiger partial charge in [0.15, 0.2) is 5.65 Å². The highest BCUT2D eigenvalue weighted by molar-refractivity contribution is 7.07. The summed E-state index contributed by atoms with van der Waals surface area (Å²) in [5.74, 6) is 1.26. The minimum atomic E-state index is 0.391. The molecule has 0 saturated heterocycles. The van der Waals surface area contributed by atoms with Gasteiger partial charge in [-0.25, -0.2) is 9.97 Å². The summed E-state index contributed by atoms with van der Waals surface area (Å²) >= 11 is 7.61. The molecule has 5 nitrogen and oxygen atoms in total. The average Bonchev–Trinajstić information content (AvgIpc) is 3.09. The molecule has 0 N–H and O–H groups in total. The van der Waals surface area contributed by atoms with E-state index in [0.717, 1.165) is 34.8 Å². The molecule has 19 heavy (non-hydrogen) atoms. The molecule has 0 saturated carbocycles. The van der Waals surface area contributed by atoms with E-state index in [0.29, 0.717) is 12.4 Å². The Morgan fingerprint density at radius 2 is 2.26 bits per heavy atom. The number of nitrogens with zero attached hydrogens (tertiary/aromatic N) is 5. The summed E-state index contributed by atoms with van der Waals surface area (Å²) in [6.07, 6.45) is 0.868. The van der Waals surface area contributed by atoms with Crippen molar-refractivity contribution in [1.82, 2.24) is 24.3 Å². The maximum Gasteiger partial charge on any atom is 0.159 e. The maximum atomic E-state index is 6.02. The second kappa shape index (κ2) is 4.94. The van der Waals surface area contributed by atoms with Crippen LogP contribution in [-0.2, 0) is 25.9 Å². The van der Waals surface area contributed by atoms with E-state index in [4.69, 9.17) is 11.6 Å². The number of hydrogen-bond acceptors (Lipinski definition) is 4. The number of aryl methyl sites for hydroxylation is 2. The molecule has 0 radical (unpaired) electrons. The monoisotopic (exact) mass is 295 g/mol. The lowest BCUT2D eigenvalue weighted by atomic mass is 10.3. The van der Waals surface area contributed by atoms with Crippen molar-refractivity contribution in [2.45, 2.75) is 25.8 Å². The van der Waals surface area contributed by atoms with Gasteiger partial charge < -0.3 is 4.57 Å². The van der Waals surface area contributed by atoms with Crippen molar-refractivity contribution >= 4 is 34.1 Å². The molecule has 0 atom stereocenters. The van der Waals surface area contributed by atoms with Crippen LogP contribution >= 0.6 is 22.9 Å².